The lowest BCUT2D eigenvalue weighted by molar-refractivity contribution is -0.117. The molecule has 0 aromatic rings. The Morgan fingerprint density at radius 3 is 3.08 bits per heavy atom. The number of hydrogen-bond donors (Lipinski definition) is 2. The van der Waals surface area contributed by atoms with E-state index in [1.54, 1.807) is 0 Å². The molecule has 1 aliphatic rings. The van der Waals surface area contributed by atoms with Gasteiger partial charge in [-0.25, -0.2) is 0 Å². The molecule has 0 bridgehead atoms. The molecule has 0 aliphatic carbocycles. The maximum absolute atomic E-state index is 10.4. The summed E-state index contributed by atoms with van der Waals surface area (Å²) < 4.78 is 5.28. The second-order valence-electron chi connectivity index (χ2n) is 3.18. The van der Waals surface area contributed by atoms with Crippen molar-refractivity contribution in [2.75, 3.05) is 26.3 Å². The fourth-order valence-electron chi connectivity index (χ4n) is 1.37. The van der Waals surface area contributed by atoms with Gasteiger partial charge in [-0.2, -0.15) is 0 Å². The van der Waals surface area contributed by atoms with Crippen molar-refractivity contribution in [2.24, 2.45) is 11.7 Å². The molecule has 4 heteroatoms. The van der Waals surface area contributed by atoms with E-state index >= 15 is 0 Å². The Morgan fingerprint density at radius 2 is 2.50 bits per heavy atom. The molecule has 0 aromatic carbocycles. The fourth-order valence-corrected chi connectivity index (χ4v) is 1.37. The van der Waals surface area contributed by atoms with Crippen LogP contribution in [0.5, 0.6) is 0 Å². The minimum absolute atomic E-state index is 0.274. The van der Waals surface area contributed by atoms with Crippen LogP contribution >= 0.6 is 0 Å². The molecule has 12 heavy (non-hydrogen) atoms. The van der Waals surface area contributed by atoms with Crippen LogP contribution in [0, 0.1) is 5.92 Å². The summed E-state index contributed by atoms with van der Waals surface area (Å²) in [6, 6.07) is 0. The second-order valence-corrected chi connectivity index (χ2v) is 3.18. The number of carbonyl (C=O) groups is 1. The highest BCUT2D eigenvalue weighted by Crippen LogP contribution is 2.11. The van der Waals surface area contributed by atoms with Gasteiger partial charge in [-0.15, -0.1) is 0 Å². The summed E-state index contributed by atoms with van der Waals surface area (Å²) in [4.78, 5) is 10.4. The summed E-state index contributed by atoms with van der Waals surface area (Å²) in [6.45, 7) is 2.80. The van der Waals surface area contributed by atoms with E-state index in [1.807, 2.05) is 0 Å². The van der Waals surface area contributed by atoms with E-state index < -0.39 is 0 Å². The van der Waals surface area contributed by atoms with E-state index in [4.69, 9.17) is 10.5 Å². The molecule has 0 radical (unpaired) electrons. The van der Waals surface area contributed by atoms with Gasteiger partial charge >= 0.3 is 0 Å². The highest BCUT2D eigenvalue weighted by Gasteiger charge is 2.12. The fraction of sp³-hybridized carbons (Fsp3) is 0.875. The lowest BCUT2D eigenvalue weighted by Gasteiger charge is -2.21. The summed E-state index contributed by atoms with van der Waals surface area (Å²) in [7, 11) is 0. The van der Waals surface area contributed by atoms with Gasteiger partial charge in [0.25, 0.3) is 0 Å². The van der Waals surface area contributed by atoms with Crippen LogP contribution in [0.4, 0.5) is 0 Å². The smallest absolute Gasteiger partial charge is 0.231 e. The number of amides is 1. The normalized spacial score (nSPS) is 23.8. The van der Waals surface area contributed by atoms with E-state index in [-0.39, 0.29) is 12.5 Å². The average molecular weight is 172 g/mol. The van der Waals surface area contributed by atoms with Gasteiger partial charge in [-0.05, 0) is 18.8 Å². The van der Waals surface area contributed by atoms with Crippen molar-refractivity contribution < 1.29 is 9.53 Å². The third kappa shape index (κ3) is 3.69. The summed E-state index contributed by atoms with van der Waals surface area (Å²) in [5, 5.41) is 3.00. The predicted octanol–water partition coefficient (Wildman–Crippen LogP) is -0.512. The summed E-state index contributed by atoms with van der Waals surface area (Å²) in [5.74, 6) is 0.254. The van der Waals surface area contributed by atoms with E-state index in [2.05, 4.69) is 5.32 Å². The molecular formula is C8H16N2O2. The van der Waals surface area contributed by atoms with Crippen molar-refractivity contribution >= 4 is 5.91 Å². The van der Waals surface area contributed by atoms with Crippen LogP contribution in [0.3, 0.4) is 0 Å². The minimum atomic E-state index is -0.299. The standard InChI is InChI=1S/C8H16N2O2/c9-8(11)5-10-4-7-2-1-3-12-6-7/h7,10H,1-6H2,(H2,9,11). The maximum atomic E-state index is 10.4. The molecule has 1 heterocycles. The average Bonchev–Trinajstić information content (AvgIpc) is 2.05. The quantitative estimate of drug-likeness (QED) is 0.600. The zero-order valence-electron chi connectivity index (χ0n) is 7.21. The van der Waals surface area contributed by atoms with Crippen molar-refractivity contribution in [3.05, 3.63) is 0 Å². The summed E-state index contributed by atoms with van der Waals surface area (Å²) >= 11 is 0. The van der Waals surface area contributed by atoms with Crippen LogP contribution in [-0.4, -0.2) is 32.2 Å². The third-order valence-corrected chi connectivity index (χ3v) is 1.99. The van der Waals surface area contributed by atoms with Crippen LogP contribution in [0.2, 0.25) is 0 Å². The molecular weight excluding hydrogens is 156 g/mol. The van der Waals surface area contributed by atoms with Crippen molar-refractivity contribution in [2.45, 2.75) is 12.8 Å². The SMILES string of the molecule is NC(=O)CNCC1CCCOC1. The first kappa shape index (κ1) is 9.48. The molecule has 1 atom stereocenters. The Morgan fingerprint density at radius 1 is 1.67 bits per heavy atom. The van der Waals surface area contributed by atoms with E-state index in [1.165, 1.54) is 6.42 Å². The van der Waals surface area contributed by atoms with E-state index in [0.717, 1.165) is 26.2 Å². The van der Waals surface area contributed by atoms with Crippen LogP contribution in [0.15, 0.2) is 0 Å². The molecule has 70 valence electrons. The van der Waals surface area contributed by atoms with Crippen molar-refractivity contribution in [3.8, 4) is 0 Å². The first-order valence-electron chi connectivity index (χ1n) is 4.36. The predicted molar refractivity (Wildman–Crippen MR) is 45.6 cm³/mol. The van der Waals surface area contributed by atoms with Crippen LogP contribution in [0.1, 0.15) is 12.8 Å². The molecule has 1 rings (SSSR count). The molecule has 0 saturated carbocycles. The lowest BCUT2D eigenvalue weighted by Crippen LogP contribution is -2.34. The topological polar surface area (TPSA) is 64.4 Å². The summed E-state index contributed by atoms with van der Waals surface area (Å²) in [5.41, 5.74) is 4.98. The van der Waals surface area contributed by atoms with Crippen LogP contribution in [-0.2, 0) is 9.53 Å². The highest BCUT2D eigenvalue weighted by atomic mass is 16.5. The molecule has 1 unspecified atom stereocenters. The van der Waals surface area contributed by atoms with Gasteiger partial charge in [0.1, 0.15) is 0 Å². The number of ether oxygens (including phenoxy) is 1. The van der Waals surface area contributed by atoms with Gasteiger partial charge in [-0.1, -0.05) is 0 Å². The number of hydrogen-bond acceptors (Lipinski definition) is 3. The van der Waals surface area contributed by atoms with Gasteiger partial charge in [0.05, 0.1) is 13.2 Å². The van der Waals surface area contributed by atoms with Crippen molar-refractivity contribution in [3.63, 3.8) is 0 Å². The van der Waals surface area contributed by atoms with Gasteiger partial charge in [0.15, 0.2) is 0 Å². The molecule has 4 nitrogen and oxygen atoms in total. The lowest BCUT2D eigenvalue weighted by atomic mass is 10.0. The van der Waals surface area contributed by atoms with E-state index in [9.17, 15) is 4.79 Å². The zero-order valence-corrected chi connectivity index (χ0v) is 7.21. The Labute approximate surface area is 72.5 Å². The second kappa shape index (κ2) is 5.11. The van der Waals surface area contributed by atoms with Crippen molar-refractivity contribution in [1.82, 2.24) is 5.32 Å². The van der Waals surface area contributed by atoms with Crippen LogP contribution < -0.4 is 11.1 Å². The van der Waals surface area contributed by atoms with Gasteiger partial charge in [0.2, 0.25) is 5.91 Å². The molecule has 1 amide bonds. The van der Waals surface area contributed by atoms with Gasteiger partial charge in [-0.3, -0.25) is 4.79 Å². The van der Waals surface area contributed by atoms with Gasteiger partial charge in [0, 0.05) is 13.2 Å². The third-order valence-electron chi connectivity index (χ3n) is 1.99. The largest absolute Gasteiger partial charge is 0.381 e. The molecule has 1 saturated heterocycles. The number of nitrogens with one attached hydrogen (secondary N) is 1. The minimum Gasteiger partial charge on any atom is -0.381 e. The van der Waals surface area contributed by atoms with Gasteiger partial charge < -0.3 is 15.8 Å². The van der Waals surface area contributed by atoms with E-state index in [0.29, 0.717) is 5.92 Å². The monoisotopic (exact) mass is 172 g/mol. The zero-order chi connectivity index (χ0) is 8.81. The van der Waals surface area contributed by atoms with Crippen molar-refractivity contribution in [1.29, 1.82) is 0 Å². The Hall–Kier alpha value is -0.610. The summed E-state index contributed by atoms with van der Waals surface area (Å²) in [6.07, 6.45) is 2.31. The van der Waals surface area contributed by atoms with Crippen LogP contribution in [0.25, 0.3) is 0 Å². The first-order valence-corrected chi connectivity index (χ1v) is 4.36. The molecule has 0 spiro atoms. The number of primary amides is 1. The number of rotatable bonds is 4. The Bertz CT molecular complexity index is 144. The Balaban J connectivity index is 2.01. The maximum Gasteiger partial charge on any atom is 0.231 e. The Kier molecular flexibility index (Phi) is 4.04. The molecule has 3 N–H and O–H groups in total. The first-order chi connectivity index (χ1) is 5.79. The number of carbonyl (C=O) groups excluding carboxylic acids is 1. The molecule has 1 aliphatic heterocycles. The number of nitrogens with two attached hydrogens (primary N) is 1. The molecule has 0 aromatic heterocycles. The highest BCUT2D eigenvalue weighted by molar-refractivity contribution is 5.75. The molecule has 1 fully saturated rings.